The van der Waals surface area contributed by atoms with Crippen LogP contribution in [0.15, 0.2) is 78.6 Å². The molecule has 2 atom stereocenters. The molecule has 1 aliphatic carbocycles. The molecule has 2 heterocycles. The van der Waals surface area contributed by atoms with Gasteiger partial charge in [-0.2, -0.15) is 9.57 Å². The van der Waals surface area contributed by atoms with E-state index in [2.05, 4.69) is 20.9 Å². The molecule has 10 heteroatoms. The predicted octanol–water partition coefficient (Wildman–Crippen LogP) is 4.15. The number of anilines is 1. The van der Waals surface area contributed by atoms with Crippen molar-refractivity contribution in [1.29, 1.82) is 5.26 Å². The van der Waals surface area contributed by atoms with Crippen LogP contribution in [0.4, 0.5) is 5.69 Å². The lowest BCUT2D eigenvalue weighted by atomic mass is 10.1. The van der Waals surface area contributed by atoms with Crippen molar-refractivity contribution in [3.8, 4) is 6.07 Å². The Hall–Kier alpha value is -3.94. The molecule has 1 fully saturated rings. The SMILES string of the molecule is Cc1ccccc1CN([C@H]1CC[C@@H](N(Cc2cncn2C)c2ccc(C#N)cc2)C1)S(=O)(=O)c1cn(C)cn1. The van der Waals surface area contributed by atoms with E-state index in [4.69, 9.17) is 0 Å². The molecule has 0 bridgehead atoms. The van der Waals surface area contributed by atoms with Gasteiger partial charge in [0.15, 0.2) is 5.03 Å². The van der Waals surface area contributed by atoms with E-state index < -0.39 is 10.0 Å². The highest BCUT2D eigenvalue weighted by molar-refractivity contribution is 7.89. The van der Waals surface area contributed by atoms with Crippen molar-refractivity contribution in [2.24, 2.45) is 14.1 Å². The summed E-state index contributed by atoms with van der Waals surface area (Å²) in [5.74, 6) is 0. The van der Waals surface area contributed by atoms with Gasteiger partial charge in [-0.15, -0.1) is 0 Å². The van der Waals surface area contributed by atoms with Gasteiger partial charge in [0.2, 0.25) is 0 Å². The third-order valence-electron chi connectivity index (χ3n) is 7.64. The van der Waals surface area contributed by atoms with Crippen LogP contribution in [0.25, 0.3) is 0 Å². The number of aromatic nitrogens is 4. The van der Waals surface area contributed by atoms with Crippen molar-refractivity contribution in [2.75, 3.05) is 4.90 Å². The molecule has 2 aromatic heterocycles. The third kappa shape index (κ3) is 5.60. The lowest BCUT2D eigenvalue weighted by molar-refractivity contribution is 0.311. The van der Waals surface area contributed by atoms with Crippen molar-refractivity contribution in [2.45, 2.75) is 56.4 Å². The summed E-state index contributed by atoms with van der Waals surface area (Å²) in [7, 11) is -0.0780. The van der Waals surface area contributed by atoms with Gasteiger partial charge >= 0.3 is 0 Å². The molecule has 39 heavy (non-hydrogen) atoms. The van der Waals surface area contributed by atoms with E-state index in [-0.39, 0.29) is 17.1 Å². The Kier molecular flexibility index (Phi) is 7.55. The standard InChI is InChI=1S/C29H33N7O2S/c1-22-6-4-5-7-24(22)17-36(39(37,38)29-19-33(2)21-32-29)27-13-12-26(14-27)35(18-28-16-31-20-34(28)3)25-10-8-23(15-30)9-11-25/h4-11,16,19-21,26-27H,12-14,17-18H2,1-3H3/t26-,27+/m1/s1. The van der Waals surface area contributed by atoms with Gasteiger partial charge in [0.25, 0.3) is 10.0 Å². The summed E-state index contributed by atoms with van der Waals surface area (Å²) >= 11 is 0. The summed E-state index contributed by atoms with van der Waals surface area (Å²) in [5.41, 5.74) is 4.71. The summed E-state index contributed by atoms with van der Waals surface area (Å²) in [5, 5.41) is 9.36. The number of nitrogens with zero attached hydrogens (tertiary/aromatic N) is 7. The Morgan fingerprint density at radius 2 is 1.77 bits per heavy atom. The van der Waals surface area contributed by atoms with Gasteiger partial charge in [-0.3, -0.25) is 0 Å². The fraction of sp³-hybridized carbons (Fsp3) is 0.345. The monoisotopic (exact) mass is 543 g/mol. The van der Waals surface area contributed by atoms with E-state index in [1.165, 1.54) is 6.33 Å². The summed E-state index contributed by atoms with van der Waals surface area (Å²) < 4.78 is 33.2. The second-order valence-corrected chi connectivity index (χ2v) is 12.1. The van der Waals surface area contributed by atoms with Crippen LogP contribution in [0.2, 0.25) is 0 Å². The molecule has 202 valence electrons. The van der Waals surface area contributed by atoms with Crippen molar-refractivity contribution in [3.63, 3.8) is 0 Å². The zero-order valence-electron chi connectivity index (χ0n) is 22.5. The normalized spacial score (nSPS) is 17.4. The first-order valence-corrected chi connectivity index (χ1v) is 14.5. The molecule has 0 saturated heterocycles. The van der Waals surface area contributed by atoms with Gasteiger partial charge < -0.3 is 14.0 Å². The highest BCUT2D eigenvalue weighted by Crippen LogP contribution is 2.35. The highest BCUT2D eigenvalue weighted by atomic mass is 32.2. The molecule has 2 aromatic carbocycles. The average molecular weight is 544 g/mol. The van der Waals surface area contributed by atoms with Crippen LogP contribution in [0.3, 0.4) is 0 Å². The molecule has 0 aliphatic heterocycles. The van der Waals surface area contributed by atoms with Gasteiger partial charge in [0.05, 0.1) is 36.5 Å². The van der Waals surface area contributed by atoms with Crippen LogP contribution in [0.1, 0.15) is 41.6 Å². The van der Waals surface area contributed by atoms with Crippen LogP contribution in [0.5, 0.6) is 0 Å². The minimum Gasteiger partial charge on any atom is -0.363 e. The smallest absolute Gasteiger partial charge is 0.262 e. The Morgan fingerprint density at radius 1 is 1.03 bits per heavy atom. The van der Waals surface area contributed by atoms with E-state index in [0.29, 0.717) is 25.1 Å². The summed E-state index contributed by atoms with van der Waals surface area (Å²) in [4.78, 5) is 10.8. The van der Waals surface area contributed by atoms with E-state index >= 15 is 0 Å². The van der Waals surface area contributed by atoms with E-state index in [0.717, 1.165) is 35.3 Å². The Bertz CT molecular complexity index is 1580. The Balaban J connectivity index is 1.47. The molecule has 4 aromatic rings. The molecule has 0 amide bonds. The molecule has 1 saturated carbocycles. The maximum atomic E-state index is 14.0. The number of nitriles is 1. The van der Waals surface area contributed by atoms with Gasteiger partial charge in [0.1, 0.15) is 0 Å². The van der Waals surface area contributed by atoms with Crippen molar-refractivity contribution < 1.29 is 8.42 Å². The van der Waals surface area contributed by atoms with Crippen molar-refractivity contribution in [3.05, 3.63) is 96.0 Å². The van der Waals surface area contributed by atoms with Crippen molar-refractivity contribution >= 4 is 15.7 Å². The number of aryl methyl sites for hydroxylation is 3. The zero-order chi connectivity index (χ0) is 27.6. The van der Waals surface area contributed by atoms with Gasteiger partial charge in [0, 0.05) is 50.8 Å². The Morgan fingerprint density at radius 3 is 2.41 bits per heavy atom. The minimum absolute atomic E-state index is 0.0702. The highest BCUT2D eigenvalue weighted by Gasteiger charge is 2.40. The lowest BCUT2D eigenvalue weighted by Gasteiger charge is -2.33. The number of imidazole rings is 2. The van der Waals surface area contributed by atoms with E-state index in [1.54, 1.807) is 28.4 Å². The summed E-state index contributed by atoms with van der Waals surface area (Å²) in [6.07, 6.45) is 8.99. The molecule has 0 unspecified atom stereocenters. The van der Waals surface area contributed by atoms with E-state index in [9.17, 15) is 13.7 Å². The number of hydrogen-bond donors (Lipinski definition) is 0. The largest absolute Gasteiger partial charge is 0.363 e. The molecule has 0 spiro atoms. The zero-order valence-corrected chi connectivity index (χ0v) is 23.3. The van der Waals surface area contributed by atoms with Crippen molar-refractivity contribution in [1.82, 2.24) is 23.4 Å². The first kappa shape index (κ1) is 26.7. The first-order chi connectivity index (χ1) is 18.8. The van der Waals surface area contributed by atoms with Crippen LogP contribution >= 0.6 is 0 Å². The first-order valence-electron chi connectivity index (χ1n) is 13.0. The minimum atomic E-state index is -3.83. The summed E-state index contributed by atoms with van der Waals surface area (Å²) in [6.45, 7) is 2.94. The topological polar surface area (TPSA) is 100 Å². The Labute approximate surface area is 230 Å². The maximum absolute atomic E-state index is 14.0. The van der Waals surface area contributed by atoms with Crippen LogP contribution < -0.4 is 4.90 Å². The average Bonchev–Trinajstić information content (AvgIpc) is 3.68. The van der Waals surface area contributed by atoms with Crippen LogP contribution in [0, 0.1) is 18.3 Å². The fourth-order valence-electron chi connectivity index (χ4n) is 5.36. The number of rotatable bonds is 9. The number of hydrogen-bond acceptors (Lipinski definition) is 6. The van der Waals surface area contributed by atoms with Gasteiger partial charge in [-0.25, -0.2) is 18.4 Å². The number of benzene rings is 2. The molecule has 1 aliphatic rings. The van der Waals surface area contributed by atoms with Crippen LogP contribution in [-0.4, -0.2) is 43.9 Å². The second kappa shape index (κ2) is 11.0. The number of sulfonamides is 1. The third-order valence-corrected chi connectivity index (χ3v) is 9.43. The molecular formula is C29H33N7O2S. The molecule has 9 nitrogen and oxygen atoms in total. The molecule has 0 N–H and O–H groups in total. The molecular weight excluding hydrogens is 510 g/mol. The quantitative estimate of drug-likeness (QED) is 0.314. The van der Waals surface area contributed by atoms with E-state index in [1.807, 2.05) is 73.3 Å². The van der Waals surface area contributed by atoms with Gasteiger partial charge in [-0.1, -0.05) is 24.3 Å². The molecule has 0 radical (unpaired) electrons. The van der Waals surface area contributed by atoms with Gasteiger partial charge in [-0.05, 0) is 61.6 Å². The molecule has 5 rings (SSSR count). The summed E-state index contributed by atoms with van der Waals surface area (Å²) in [6, 6.07) is 17.6. The maximum Gasteiger partial charge on any atom is 0.262 e. The lowest BCUT2D eigenvalue weighted by Crippen LogP contribution is -2.41. The fourth-order valence-corrected chi connectivity index (χ4v) is 6.97. The second-order valence-electron chi connectivity index (χ2n) is 10.3. The van der Waals surface area contributed by atoms with Crippen LogP contribution in [-0.2, 0) is 37.2 Å². The predicted molar refractivity (Wildman–Crippen MR) is 149 cm³/mol.